The number of hydrogen-bond acceptors (Lipinski definition) is 4. The molecule has 0 fully saturated rings. The molecule has 0 saturated heterocycles. The third-order valence-corrected chi connectivity index (χ3v) is 2.40. The van der Waals surface area contributed by atoms with Crippen LogP contribution in [0.3, 0.4) is 0 Å². The minimum Gasteiger partial charge on any atom is -0.377 e. The highest BCUT2D eigenvalue weighted by molar-refractivity contribution is 6.18. The largest absolute Gasteiger partial charge is 0.377 e. The molecule has 1 rings (SSSR count). The monoisotopic (exact) mass is 280 g/mol. The van der Waals surface area contributed by atoms with Crippen molar-refractivity contribution in [2.45, 2.75) is 6.61 Å². The number of carbonyl (C=O) groups is 1. The maximum atomic E-state index is 12.0. The summed E-state index contributed by atoms with van der Waals surface area (Å²) in [6.45, 7) is 1.14. The molecule has 1 aromatic heterocycles. The van der Waals surface area contributed by atoms with Gasteiger partial charge in [-0.2, -0.15) is 0 Å². The van der Waals surface area contributed by atoms with Crippen molar-refractivity contribution in [1.29, 1.82) is 0 Å². The van der Waals surface area contributed by atoms with Gasteiger partial charge in [0.15, 0.2) is 11.5 Å². The Hall–Kier alpha value is -0.780. The Labute approximate surface area is 110 Å². The summed E-state index contributed by atoms with van der Waals surface area (Å²) in [7, 11) is 1.54. The van der Waals surface area contributed by atoms with Crippen LogP contribution in [0.4, 0.5) is 0 Å². The predicted octanol–water partition coefficient (Wildman–Crippen LogP) is 1.74. The Morgan fingerprint density at radius 3 is 2.65 bits per heavy atom. The number of carbonyl (C=O) groups excluding carboxylic acids is 1. The molecule has 1 amide bonds. The zero-order valence-electron chi connectivity index (χ0n) is 9.49. The molecule has 0 atom stereocenters. The fourth-order valence-corrected chi connectivity index (χ4v) is 1.71. The van der Waals surface area contributed by atoms with Crippen molar-refractivity contribution in [3.8, 4) is 0 Å². The van der Waals surface area contributed by atoms with E-state index in [1.807, 2.05) is 0 Å². The molecule has 0 aliphatic carbocycles. The van der Waals surface area contributed by atoms with Crippen LogP contribution in [0, 0.1) is 0 Å². The van der Waals surface area contributed by atoms with E-state index >= 15 is 0 Å². The Morgan fingerprint density at radius 2 is 2.12 bits per heavy atom. The molecule has 0 saturated carbocycles. The SMILES string of the molecule is COCc1cc(C(=O)N(CCCl)CCCl)no1. The van der Waals surface area contributed by atoms with Crippen molar-refractivity contribution in [1.82, 2.24) is 10.1 Å². The molecule has 0 N–H and O–H groups in total. The smallest absolute Gasteiger partial charge is 0.276 e. The van der Waals surface area contributed by atoms with Crippen molar-refractivity contribution in [3.05, 3.63) is 17.5 Å². The third-order valence-electron chi connectivity index (χ3n) is 2.06. The van der Waals surface area contributed by atoms with Gasteiger partial charge in [-0.1, -0.05) is 5.16 Å². The van der Waals surface area contributed by atoms with Crippen molar-refractivity contribution >= 4 is 29.1 Å². The molecular formula is C10H14Cl2N2O3. The molecule has 0 unspecified atom stereocenters. The van der Waals surface area contributed by atoms with Gasteiger partial charge in [-0.05, 0) is 0 Å². The Kier molecular flexibility index (Phi) is 6.32. The molecule has 0 spiro atoms. The zero-order chi connectivity index (χ0) is 12.7. The van der Waals surface area contributed by atoms with E-state index in [4.69, 9.17) is 32.5 Å². The maximum Gasteiger partial charge on any atom is 0.276 e. The van der Waals surface area contributed by atoms with Crippen LogP contribution in [-0.2, 0) is 11.3 Å². The summed E-state index contributed by atoms with van der Waals surface area (Å²) in [5.41, 5.74) is 0.243. The normalized spacial score (nSPS) is 10.5. The van der Waals surface area contributed by atoms with Crippen LogP contribution in [0.15, 0.2) is 10.6 Å². The highest BCUT2D eigenvalue weighted by Gasteiger charge is 2.19. The van der Waals surface area contributed by atoms with Gasteiger partial charge in [0.25, 0.3) is 5.91 Å². The minimum atomic E-state index is -0.239. The lowest BCUT2D eigenvalue weighted by Gasteiger charge is -2.18. The van der Waals surface area contributed by atoms with Gasteiger partial charge in [0.05, 0.1) is 0 Å². The summed E-state index contributed by atoms with van der Waals surface area (Å²) < 4.78 is 9.82. The van der Waals surface area contributed by atoms with Crippen molar-refractivity contribution in [2.24, 2.45) is 0 Å². The number of ether oxygens (including phenoxy) is 1. The third kappa shape index (κ3) is 4.18. The summed E-state index contributed by atoms with van der Waals surface area (Å²) in [5, 5.41) is 3.69. The molecule has 7 heteroatoms. The Balaban J connectivity index is 2.70. The predicted molar refractivity (Wildman–Crippen MR) is 64.6 cm³/mol. The first-order valence-corrected chi connectivity index (χ1v) is 6.15. The van der Waals surface area contributed by atoms with Crippen molar-refractivity contribution < 1.29 is 14.1 Å². The number of halogens is 2. The van der Waals surface area contributed by atoms with E-state index in [0.29, 0.717) is 30.6 Å². The van der Waals surface area contributed by atoms with Gasteiger partial charge < -0.3 is 14.2 Å². The van der Waals surface area contributed by atoms with Gasteiger partial charge in [0.1, 0.15) is 6.61 Å². The number of alkyl halides is 2. The minimum absolute atomic E-state index is 0.239. The standard InChI is InChI=1S/C10H14Cl2N2O3/c1-16-7-8-6-9(13-17-8)10(15)14(4-2-11)5-3-12/h6H,2-5,7H2,1H3. The fraction of sp³-hybridized carbons (Fsp3) is 0.600. The quantitative estimate of drug-likeness (QED) is 0.714. The second-order valence-electron chi connectivity index (χ2n) is 3.28. The molecule has 0 aliphatic heterocycles. The summed E-state index contributed by atoms with van der Waals surface area (Å²) in [6, 6.07) is 1.56. The molecule has 96 valence electrons. The molecule has 5 nitrogen and oxygen atoms in total. The van der Waals surface area contributed by atoms with Crippen LogP contribution in [0.25, 0.3) is 0 Å². The Bertz CT molecular complexity index is 351. The molecule has 1 heterocycles. The number of nitrogens with zero attached hydrogens (tertiary/aromatic N) is 2. The average Bonchev–Trinajstić information content (AvgIpc) is 2.77. The van der Waals surface area contributed by atoms with Gasteiger partial charge in [-0.15, -0.1) is 23.2 Å². The average molecular weight is 281 g/mol. The summed E-state index contributed by atoms with van der Waals surface area (Å²) in [5.74, 6) is 0.974. The number of amides is 1. The zero-order valence-corrected chi connectivity index (χ0v) is 11.0. The number of rotatable bonds is 7. The second kappa shape index (κ2) is 7.53. The molecule has 0 aromatic carbocycles. The van der Waals surface area contributed by atoms with E-state index in [-0.39, 0.29) is 18.2 Å². The molecule has 0 radical (unpaired) electrons. The maximum absolute atomic E-state index is 12.0. The van der Waals surface area contributed by atoms with Crippen LogP contribution in [0.2, 0.25) is 0 Å². The molecule has 17 heavy (non-hydrogen) atoms. The highest BCUT2D eigenvalue weighted by Crippen LogP contribution is 2.08. The number of hydrogen-bond donors (Lipinski definition) is 0. The van der Waals surface area contributed by atoms with Crippen LogP contribution < -0.4 is 0 Å². The van der Waals surface area contributed by atoms with Crippen LogP contribution in [0.5, 0.6) is 0 Å². The van der Waals surface area contributed by atoms with E-state index in [9.17, 15) is 4.79 Å². The lowest BCUT2D eigenvalue weighted by Crippen LogP contribution is -2.34. The fourth-order valence-electron chi connectivity index (χ4n) is 1.30. The van der Waals surface area contributed by atoms with Crippen molar-refractivity contribution in [2.75, 3.05) is 32.0 Å². The number of methoxy groups -OCH3 is 1. The lowest BCUT2D eigenvalue weighted by molar-refractivity contribution is 0.0764. The van der Waals surface area contributed by atoms with Gasteiger partial charge in [0.2, 0.25) is 0 Å². The molecular weight excluding hydrogens is 267 g/mol. The first-order chi connectivity index (χ1) is 8.22. The van der Waals surface area contributed by atoms with Crippen LogP contribution in [-0.4, -0.2) is 47.9 Å². The van der Waals surface area contributed by atoms with Gasteiger partial charge >= 0.3 is 0 Å². The van der Waals surface area contributed by atoms with Gasteiger partial charge in [-0.3, -0.25) is 4.79 Å². The summed E-state index contributed by atoms with van der Waals surface area (Å²) in [6.07, 6.45) is 0. The van der Waals surface area contributed by atoms with Crippen LogP contribution in [0.1, 0.15) is 16.2 Å². The number of aromatic nitrogens is 1. The topological polar surface area (TPSA) is 55.6 Å². The first-order valence-electron chi connectivity index (χ1n) is 5.08. The Morgan fingerprint density at radius 1 is 1.47 bits per heavy atom. The van der Waals surface area contributed by atoms with E-state index in [1.54, 1.807) is 6.07 Å². The molecule has 0 aliphatic rings. The van der Waals surface area contributed by atoms with E-state index in [2.05, 4.69) is 5.16 Å². The van der Waals surface area contributed by atoms with Crippen LogP contribution >= 0.6 is 23.2 Å². The van der Waals surface area contributed by atoms with E-state index in [0.717, 1.165) is 0 Å². The van der Waals surface area contributed by atoms with Crippen molar-refractivity contribution in [3.63, 3.8) is 0 Å². The highest BCUT2D eigenvalue weighted by atomic mass is 35.5. The molecule has 1 aromatic rings. The summed E-state index contributed by atoms with van der Waals surface area (Å²) >= 11 is 11.2. The lowest BCUT2D eigenvalue weighted by atomic mass is 10.3. The first kappa shape index (κ1) is 14.3. The van der Waals surface area contributed by atoms with Gasteiger partial charge in [0, 0.05) is 38.0 Å². The van der Waals surface area contributed by atoms with Gasteiger partial charge in [-0.25, -0.2) is 0 Å². The van der Waals surface area contributed by atoms with E-state index in [1.165, 1.54) is 12.0 Å². The molecule has 0 bridgehead atoms. The second-order valence-corrected chi connectivity index (χ2v) is 4.04. The summed E-state index contributed by atoms with van der Waals surface area (Å²) in [4.78, 5) is 13.5. The van der Waals surface area contributed by atoms with E-state index < -0.39 is 0 Å².